The van der Waals surface area contributed by atoms with Gasteiger partial charge in [0.1, 0.15) is 18.1 Å². The third kappa shape index (κ3) is 4.97. The highest BCUT2D eigenvalue weighted by Gasteiger charge is 2.01. The molecular weight excluding hydrogens is 278 g/mol. The van der Waals surface area contributed by atoms with Crippen molar-refractivity contribution in [1.29, 1.82) is 0 Å². The Morgan fingerprint density at radius 3 is 2.45 bits per heavy atom. The minimum atomic E-state index is 0.571. The molecule has 0 aromatic heterocycles. The molecule has 22 heavy (non-hydrogen) atoms. The molecule has 0 amide bonds. The van der Waals surface area contributed by atoms with Gasteiger partial charge in [-0.3, -0.25) is 0 Å². The third-order valence-electron chi connectivity index (χ3n) is 3.23. The maximum Gasteiger partial charge on any atom is 0.123 e. The van der Waals surface area contributed by atoms with Crippen LogP contribution in [0.5, 0.6) is 11.5 Å². The fourth-order valence-electron chi connectivity index (χ4n) is 2.08. The largest absolute Gasteiger partial charge is 0.496 e. The molecule has 118 valence electrons. The van der Waals surface area contributed by atoms with Gasteiger partial charge in [-0.1, -0.05) is 18.2 Å². The van der Waals surface area contributed by atoms with Gasteiger partial charge in [-0.2, -0.15) is 0 Å². The molecule has 4 nitrogen and oxygen atoms in total. The number of benzene rings is 2. The van der Waals surface area contributed by atoms with Gasteiger partial charge >= 0.3 is 0 Å². The Morgan fingerprint density at radius 2 is 1.73 bits per heavy atom. The maximum atomic E-state index is 5.59. The summed E-state index contributed by atoms with van der Waals surface area (Å²) in [7, 11) is 1.69. The Hall–Kier alpha value is -2.20. The van der Waals surface area contributed by atoms with Crippen LogP contribution >= 0.6 is 0 Å². The Labute approximate surface area is 132 Å². The molecule has 0 bridgehead atoms. The molecule has 2 aromatic rings. The van der Waals surface area contributed by atoms with Crippen LogP contribution in [-0.2, 0) is 11.3 Å². The summed E-state index contributed by atoms with van der Waals surface area (Å²) in [5, 5.41) is 3.38. The predicted octanol–water partition coefficient (Wildman–Crippen LogP) is 3.72. The zero-order valence-electron chi connectivity index (χ0n) is 13.2. The van der Waals surface area contributed by atoms with Crippen LogP contribution in [0, 0.1) is 0 Å². The minimum Gasteiger partial charge on any atom is -0.496 e. The second-order valence-electron chi connectivity index (χ2n) is 4.74. The van der Waals surface area contributed by atoms with Gasteiger partial charge in [0.2, 0.25) is 0 Å². The molecule has 2 rings (SSSR count). The van der Waals surface area contributed by atoms with Crippen LogP contribution in [0.4, 0.5) is 5.69 Å². The van der Waals surface area contributed by atoms with Crippen molar-refractivity contribution in [3.63, 3.8) is 0 Å². The highest BCUT2D eigenvalue weighted by Crippen LogP contribution is 2.20. The van der Waals surface area contributed by atoms with E-state index in [2.05, 4.69) is 11.4 Å². The lowest BCUT2D eigenvalue weighted by Gasteiger charge is -2.11. The Kier molecular flexibility index (Phi) is 6.58. The van der Waals surface area contributed by atoms with E-state index < -0.39 is 0 Å². The van der Waals surface area contributed by atoms with Gasteiger partial charge < -0.3 is 19.5 Å². The fourth-order valence-corrected chi connectivity index (χ4v) is 2.08. The van der Waals surface area contributed by atoms with Crippen LogP contribution in [0.15, 0.2) is 48.5 Å². The summed E-state index contributed by atoms with van der Waals surface area (Å²) in [4.78, 5) is 0. The van der Waals surface area contributed by atoms with Gasteiger partial charge in [-0.05, 0) is 37.3 Å². The monoisotopic (exact) mass is 301 g/mol. The van der Waals surface area contributed by atoms with Crippen LogP contribution in [0.1, 0.15) is 12.5 Å². The van der Waals surface area contributed by atoms with Gasteiger partial charge in [0.15, 0.2) is 0 Å². The van der Waals surface area contributed by atoms with Gasteiger partial charge in [0.05, 0.1) is 13.7 Å². The first kappa shape index (κ1) is 16.2. The van der Waals surface area contributed by atoms with E-state index in [1.807, 2.05) is 49.4 Å². The topological polar surface area (TPSA) is 39.7 Å². The standard InChI is InChI=1S/C18H23NO3/c1-3-21-12-13-22-17-10-8-16(9-11-17)19-14-15-6-4-5-7-18(15)20-2/h4-11,19H,3,12-14H2,1-2H3. The molecule has 0 fully saturated rings. The molecule has 1 N–H and O–H groups in total. The molecule has 0 atom stereocenters. The van der Waals surface area contributed by atoms with Gasteiger partial charge in [-0.15, -0.1) is 0 Å². The van der Waals surface area contributed by atoms with Crippen LogP contribution in [0.2, 0.25) is 0 Å². The van der Waals surface area contributed by atoms with Crippen molar-refractivity contribution in [3.05, 3.63) is 54.1 Å². The lowest BCUT2D eigenvalue weighted by molar-refractivity contribution is 0.110. The van der Waals surface area contributed by atoms with Crippen LogP contribution in [-0.4, -0.2) is 26.9 Å². The number of para-hydroxylation sites is 1. The van der Waals surface area contributed by atoms with Crippen molar-refractivity contribution < 1.29 is 14.2 Å². The molecule has 0 radical (unpaired) electrons. The zero-order chi connectivity index (χ0) is 15.6. The van der Waals surface area contributed by atoms with Crippen molar-refractivity contribution in [2.45, 2.75) is 13.5 Å². The molecule has 0 aliphatic rings. The van der Waals surface area contributed by atoms with E-state index in [9.17, 15) is 0 Å². The van der Waals surface area contributed by atoms with Crippen molar-refractivity contribution in [2.24, 2.45) is 0 Å². The van der Waals surface area contributed by atoms with E-state index in [1.54, 1.807) is 7.11 Å². The van der Waals surface area contributed by atoms with Crippen LogP contribution in [0.25, 0.3) is 0 Å². The molecule has 0 aliphatic heterocycles. The van der Waals surface area contributed by atoms with Gasteiger partial charge in [0, 0.05) is 24.4 Å². The van der Waals surface area contributed by atoms with Crippen molar-refractivity contribution in [2.75, 3.05) is 32.2 Å². The maximum absolute atomic E-state index is 5.59. The quantitative estimate of drug-likeness (QED) is 0.717. The molecule has 4 heteroatoms. The summed E-state index contributed by atoms with van der Waals surface area (Å²) in [6.45, 7) is 4.60. The molecule has 0 saturated carbocycles. The van der Waals surface area contributed by atoms with Crippen LogP contribution < -0.4 is 14.8 Å². The number of methoxy groups -OCH3 is 1. The highest BCUT2D eigenvalue weighted by atomic mass is 16.5. The lowest BCUT2D eigenvalue weighted by atomic mass is 10.2. The summed E-state index contributed by atoms with van der Waals surface area (Å²) in [5.41, 5.74) is 2.17. The first-order valence-corrected chi connectivity index (χ1v) is 7.50. The fraction of sp³-hybridized carbons (Fsp3) is 0.333. The first-order chi connectivity index (χ1) is 10.8. The second kappa shape index (κ2) is 8.95. The summed E-state index contributed by atoms with van der Waals surface area (Å²) in [5.74, 6) is 1.74. The molecule has 0 heterocycles. The van der Waals surface area contributed by atoms with Gasteiger partial charge in [-0.25, -0.2) is 0 Å². The van der Waals surface area contributed by atoms with E-state index in [0.29, 0.717) is 19.8 Å². The third-order valence-corrected chi connectivity index (χ3v) is 3.23. The average Bonchev–Trinajstić information content (AvgIpc) is 2.58. The number of anilines is 1. The molecule has 0 aliphatic carbocycles. The Bertz CT molecular complexity index is 555. The SMILES string of the molecule is CCOCCOc1ccc(NCc2ccccc2OC)cc1. The minimum absolute atomic E-state index is 0.571. The Morgan fingerprint density at radius 1 is 0.955 bits per heavy atom. The lowest BCUT2D eigenvalue weighted by Crippen LogP contribution is -2.06. The normalized spacial score (nSPS) is 10.3. The number of ether oxygens (including phenoxy) is 3. The smallest absolute Gasteiger partial charge is 0.123 e. The first-order valence-electron chi connectivity index (χ1n) is 7.50. The predicted molar refractivity (Wildman–Crippen MR) is 88.8 cm³/mol. The van der Waals surface area contributed by atoms with Crippen molar-refractivity contribution >= 4 is 5.69 Å². The number of rotatable bonds is 9. The Balaban J connectivity index is 1.83. The summed E-state index contributed by atoms with van der Waals surface area (Å²) in [6.07, 6.45) is 0. The van der Waals surface area contributed by atoms with E-state index in [4.69, 9.17) is 14.2 Å². The number of nitrogens with one attached hydrogen (secondary N) is 1. The summed E-state index contributed by atoms with van der Waals surface area (Å²) in [6, 6.07) is 15.9. The van der Waals surface area contributed by atoms with Gasteiger partial charge in [0.25, 0.3) is 0 Å². The van der Waals surface area contributed by atoms with E-state index >= 15 is 0 Å². The van der Waals surface area contributed by atoms with E-state index in [0.717, 1.165) is 29.4 Å². The summed E-state index contributed by atoms with van der Waals surface area (Å²) < 4.78 is 16.2. The van der Waals surface area contributed by atoms with Crippen molar-refractivity contribution in [3.8, 4) is 11.5 Å². The molecule has 0 saturated heterocycles. The zero-order valence-corrected chi connectivity index (χ0v) is 13.2. The van der Waals surface area contributed by atoms with Crippen molar-refractivity contribution in [1.82, 2.24) is 0 Å². The molecule has 2 aromatic carbocycles. The number of hydrogen-bond acceptors (Lipinski definition) is 4. The number of hydrogen-bond donors (Lipinski definition) is 1. The average molecular weight is 301 g/mol. The summed E-state index contributed by atoms with van der Waals surface area (Å²) >= 11 is 0. The molecular formula is C18H23NO3. The van der Waals surface area contributed by atoms with E-state index in [1.165, 1.54) is 0 Å². The highest BCUT2D eigenvalue weighted by molar-refractivity contribution is 5.47. The molecule has 0 unspecified atom stereocenters. The second-order valence-corrected chi connectivity index (χ2v) is 4.74. The van der Waals surface area contributed by atoms with E-state index in [-0.39, 0.29) is 0 Å². The molecule has 0 spiro atoms. The van der Waals surface area contributed by atoms with Crippen LogP contribution in [0.3, 0.4) is 0 Å².